The Bertz CT molecular complexity index is 1410. The minimum atomic E-state index is -0.590. The van der Waals surface area contributed by atoms with Crippen molar-refractivity contribution in [2.75, 3.05) is 0 Å². The molecule has 2 aromatic carbocycles. The lowest BCUT2D eigenvalue weighted by Crippen LogP contribution is -2.23. The highest BCUT2D eigenvalue weighted by Crippen LogP contribution is 2.21. The number of nitro groups is 2. The van der Waals surface area contributed by atoms with E-state index in [2.05, 4.69) is 9.97 Å². The Balaban J connectivity index is 1.92. The van der Waals surface area contributed by atoms with Gasteiger partial charge in [0.15, 0.2) is 0 Å². The van der Waals surface area contributed by atoms with Gasteiger partial charge in [0.25, 0.3) is 16.9 Å². The molecular weight excluding hydrogens is 402 g/mol. The van der Waals surface area contributed by atoms with Gasteiger partial charge < -0.3 is 0 Å². The van der Waals surface area contributed by atoms with Crippen LogP contribution in [-0.4, -0.2) is 24.4 Å². The molecule has 0 unspecified atom stereocenters. The predicted molar refractivity (Wildman–Crippen MR) is 114 cm³/mol. The fourth-order valence-corrected chi connectivity index (χ4v) is 3.06. The number of nitrogens with zero attached hydrogens (tertiary/aromatic N) is 5. The fraction of sp³-hybridized carbons (Fsp3) is 0. The molecule has 152 valence electrons. The molecule has 0 spiro atoms. The van der Waals surface area contributed by atoms with E-state index in [-0.39, 0.29) is 23.0 Å². The SMILES string of the molecule is O=c1c2ccccc2nc(/C=C/c2ccccc2[N+](=O)[O-])n1-c1ccc([N+](=O)[O-])cn1. The van der Waals surface area contributed by atoms with Crippen molar-refractivity contribution in [3.8, 4) is 5.82 Å². The van der Waals surface area contributed by atoms with Crippen LogP contribution in [0.5, 0.6) is 0 Å². The maximum Gasteiger partial charge on any atom is 0.287 e. The third-order valence-electron chi connectivity index (χ3n) is 4.52. The molecule has 0 atom stereocenters. The quantitative estimate of drug-likeness (QED) is 0.358. The van der Waals surface area contributed by atoms with E-state index in [0.29, 0.717) is 16.5 Å². The second-order valence-electron chi connectivity index (χ2n) is 6.41. The van der Waals surface area contributed by atoms with Crippen LogP contribution in [0.3, 0.4) is 0 Å². The van der Waals surface area contributed by atoms with Crippen LogP contribution in [0.25, 0.3) is 28.9 Å². The van der Waals surface area contributed by atoms with Gasteiger partial charge in [0.05, 0.1) is 26.3 Å². The van der Waals surface area contributed by atoms with Crippen LogP contribution < -0.4 is 5.56 Å². The van der Waals surface area contributed by atoms with Crippen LogP contribution in [0, 0.1) is 20.2 Å². The maximum absolute atomic E-state index is 13.2. The summed E-state index contributed by atoms with van der Waals surface area (Å²) in [4.78, 5) is 42.8. The van der Waals surface area contributed by atoms with E-state index in [1.54, 1.807) is 42.5 Å². The smallest absolute Gasteiger partial charge is 0.268 e. The molecule has 0 amide bonds. The van der Waals surface area contributed by atoms with Crippen LogP contribution >= 0.6 is 0 Å². The number of hydrogen-bond acceptors (Lipinski definition) is 7. The molecule has 0 fully saturated rings. The summed E-state index contributed by atoms with van der Waals surface area (Å²) in [7, 11) is 0. The zero-order chi connectivity index (χ0) is 22.0. The topological polar surface area (TPSA) is 134 Å². The van der Waals surface area contributed by atoms with Crippen LogP contribution in [0.1, 0.15) is 11.4 Å². The van der Waals surface area contributed by atoms with E-state index in [1.807, 2.05) is 0 Å². The highest BCUT2D eigenvalue weighted by Gasteiger charge is 2.15. The first-order valence-corrected chi connectivity index (χ1v) is 9.00. The zero-order valence-corrected chi connectivity index (χ0v) is 15.8. The van der Waals surface area contributed by atoms with Gasteiger partial charge in [0.1, 0.15) is 17.8 Å². The summed E-state index contributed by atoms with van der Waals surface area (Å²) in [6.45, 7) is 0. The number of rotatable bonds is 5. The Hall–Kier alpha value is -4.73. The highest BCUT2D eigenvalue weighted by atomic mass is 16.6. The van der Waals surface area contributed by atoms with Gasteiger partial charge >= 0.3 is 0 Å². The molecule has 10 nitrogen and oxygen atoms in total. The Morgan fingerprint density at radius 3 is 2.32 bits per heavy atom. The number of aromatic nitrogens is 3. The molecule has 0 bridgehead atoms. The van der Waals surface area contributed by atoms with E-state index in [9.17, 15) is 25.0 Å². The fourth-order valence-electron chi connectivity index (χ4n) is 3.06. The molecule has 4 aromatic rings. The van der Waals surface area contributed by atoms with Crippen molar-refractivity contribution in [3.05, 3.63) is 109 Å². The summed E-state index contributed by atoms with van der Waals surface area (Å²) in [6, 6.07) is 15.5. The van der Waals surface area contributed by atoms with E-state index in [4.69, 9.17) is 0 Å². The van der Waals surface area contributed by atoms with Gasteiger partial charge in [0.2, 0.25) is 0 Å². The summed E-state index contributed by atoms with van der Waals surface area (Å²) in [6.07, 6.45) is 4.00. The lowest BCUT2D eigenvalue weighted by Gasteiger charge is -2.10. The van der Waals surface area contributed by atoms with Crippen LogP contribution in [0.2, 0.25) is 0 Å². The molecule has 0 saturated carbocycles. The van der Waals surface area contributed by atoms with Gasteiger partial charge in [-0.05, 0) is 36.4 Å². The molecule has 4 rings (SSSR count). The number of benzene rings is 2. The molecule has 0 radical (unpaired) electrons. The molecule has 10 heteroatoms. The predicted octanol–water partition coefficient (Wildman–Crippen LogP) is 3.77. The average molecular weight is 415 g/mol. The van der Waals surface area contributed by atoms with Crippen LogP contribution in [0.4, 0.5) is 11.4 Å². The van der Waals surface area contributed by atoms with Gasteiger partial charge in [-0.1, -0.05) is 24.3 Å². The van der Waals surface area contributed by atoms with Crippen LogP contribution in [-0.2, 0) is 0 Å². The second-order valence-corrected chi connectivity index (χ2v) is 6.41. The van der Waals surface area contributed by atoms with E-state index >= 15 is 0 Å². The number of hydrogen-bond donors (Lipinski definition) is 0. The minimum Gasteiger partial charge on any atom is -0.268 e. The van der Waals surface area contributed by atoms with Crippen molar-refractivity contribution in [1.29, 1.82) is 0 Å². The third-order valence-corrected chi connectivity index (χ3v) is 4.52. The number of pyridine rings is 1. The summed E-state index contributed by atoms with van der Waals surface area (Å²) >= 11 is 0. The second kappa shape index (κ2) is 7.95. The first-order chi connectivity index (χ1) is 15.0. The van der Waals surface area contributed by atoms with Crippen molar-refractivity contribution < 1.29 is 9.85 Å². The summed E-state index contributed by atoms with van der Waals surface area (Å²) in [5.74, 6) is 0.305. The van der Waals surface area contributed by atoms with Crippen molar-refractivity contribution in [3.63, 3.8) is 0 Å². The van der Waals surface area contributed by atoms with E-state index < -0.39 is 15.4 Å². The minimum absolute atomic E-state index is 0.0955. The first-order valence-electron chi connectivity index (χ1n) is 9.00. The molecule has 0 aliphatic heterocycles. The van der Waals surface area contributed by atoms with Crippen molar-refractivity contribution >= 4 is 34.4 Å². The highest BCUT2D eigenvalue weighted by molar-refractivity contribution is 5.80. The molecular formula is C21H13N5O5. The molecule has 0 N–H and O–H groups in total. The normalized spacial score (nSPS) is 11.1. The van der Waals surface area contributed by atoms with Crippen molar-refractivity contribution in [2.24, 2.45) is 0 Å². The average Bonchev–Trinajstić information content (AvgIpc) is 2.78. The zero-order valence-electron chi connectivity index (χ0n) is 15.8. The number of nitro benzene ring substituents is 1. The Kier molecular flexibility index (Phi) is 5.02. The lowest BCUT2D eigenvalue weighted by atomic mass is 10.1. The molecule has 0 aliphatic rings. The largest absolute Gasteiger partial charge is 0.287 e. The Morgan fingerprint density at radius 2 is 1.61 bits per heavy atom. The monoisotopic (exact) mass is 415 g/mol. The van der Waals surface area contributed by atoms with Gasteiger partial charge in [-0.15, -0.1) is 0 Å². The van der Waals surface area contributed by atoms with Crippen molar-refractivity contribution in [1.82, 2.24) is 14.5 Å². The van der Waals surface area contributed by atoms with Crippen molar-refractivity contribution in [2.45, 2.75) is 0 Å². The molecule has 2 aromatic heterocycles. The molecule has 0 aliphatic carbocycles. The Morgan fingerprint density at radius 1 is 0.871 bits per heavy atom. The standard InChI is InChI=1S/C21H13N5O5/c27-21-16-6-2-3-7-17(16)23-20(11-9-14-5-1-4-8-18(14)26(30)31)24(21)19-12-10-15(13-22-19)25(28)29/h1-13H/b11-9+. The van der Waals surface area contributed by atoms with Crippen LogP contribution in [0.15, 0.2) is 71.7 Å². The molecule has 2 heterocycles. The number of fused-ring (bicyclic) bond motifs is 1. The van der Waals surface area contributed by atoms with Gasteiger partial charge in [-0.3, -0.25) is 25.0 Å². The maximum atomic E-state index is 13.2. The number of para-hydroxylation sites is 2. The lowest BCUT2D eigenvalue weighted by molar-refractivity contribution is -0.385. The summed E-state index contributed by atoms with van der Waals surface area (Å²) in [5, 5.41) is 22.5. The third kappa shape index (κ3) is 3.77. The van der Waals surface area contributed by atoms with Gasteiger partial charge in [-0.25, -0.2) is 14.5 Å². The first kappa shape index (κ1) is 19.6. The van der Waals surface area contributed by atoms with Gasteiger partial charge in [-0.2, -0.15) is 0 Å². The molecule has 31 heavy (non-hydrogen) atoms. The summed E-state index contributed by atoms with van der Waals surface area (Å²) < 4.78 is 1.21. The van der Waals surface area contributed by atoms with E-state index in [0.717, 1.165) is 6.20 Å². The summed E-state index contributed by atoms with van der Waals surface area (Å²) in [5.41, 5.74) is 0.0320. The van der Waals surface area contributed by atoms with Gasteiger partial charge in [0, 0.05) is 12.1 Å². The van der Waals surface area contributed by atoms with E-state index in [1.165, 1.54) is 34.9 Å². The Labute approximate surface area is 174 Å². The molecule has 0 saturated heterocycles.